The molecule has 82 valence electrons. The molecule has 0 fully saturated rings. The van der Waals surface area contributed by atoms with Gasteiger partial charge in [-0.05, 0) is 31.4 Å². The van der Waals surface area contributed by atoms with Gasteiger partial charge in [-0.2, -0.15) is 0 Å². The Morgan fingerprint density at radius 3 is 2.67 bits per heavy atom. The second-order valence-electron chi connectivity index (χ2n) is 3.92. The molecule has 0 heterocycles. The highest BCUT2D eigenvalue weighted by Gasteiger charge is 2.18. The van der Waals surface area contributed by atoms with Crippen LogP contribution in [0, 0.1) is 13.8 Å². The summed E-state index contributed by atoms with van der Waals surface area (Å²) in [7, 11) is 0. The first-order valence-corrected chi connectivity index (χ1v) is 5.36. The average Bonchev–Trinajstić information content (AvgIpc) is 2.21. The first-order valence-electron chi connectivity index (χ1n) is 5.36. The molecule has 2 nitrogen and oxygen atoms in total. The Balaban J connectivity index is 2.96. The Labute approximate surface area is 90.9 Å². The summed E-state index contributed by atoms with van der Waals surface area (Å²) in [5.41, 5.74) is 2.71. The van der Waals surface area contributed by atoms with Crippen LogP contribution in [0.25, 0.3) is 0 Å². The van der Waals surface area contributed by atoms with Crippen LogP contribution in [0.5, 0.6) is 0 Å². The first kappa shape index (κ1) is 11.9. The molecule has 0 aromatic heterocycles. The van der Waals surface area contributed by atoms with Gasteiger partial charge < -0.3 is 5.11 Å². The highest BCUT2D eigenvalue weighted by atomic mass is 16.3. The monoisotopic (exact) mass is 206 g/mol. The average molecular weight is 206 g/mol. The standard InChI is InChI=1S/C13H18O2/c1-4-6-12(14)13(15)11-8-5-7-9(2)10(11)3/h5,7-8,12,14H,4,6H2,1-3H3. The minimum absolute atomic E-state index is 0.155. The van der Waals surface area contributed by atoms with Gasteiger partial charge >= 0.3 is 0 Å². The van der Waals surface area contributed by atoms with Crippen molar-refractivity contribution < 1.29 is 9.90 Å². The molecule has 0 aliphatic carbocycles. The topological polar surface area (TPSA) is 37.3 Å². The maximum atomic E-state index is 11.9. The lowest BCUT2D eigenvalue weighted by atomic mass is 9.96. The van der Waals surface area contributed by atoms with E-state index in [0.29, 0.717) is 12.0 Å². The van der Waals surface area contributed by atoms with Gasteiger partial charge in [0, 0.05) is 5.56 Å². The molecule has 1 unspecified atom stereocenters. The SMILES string of the molecule is CCCC(O)C(=O)c1cccc(C)c1C. The molecule has 0 radical (unpaired) electrons. The predicted molar refractivity (Wildman–Crippen MR) is 61.2 cm³/mol. The molecule has 0 amide bonds. The van der Waals surface area contributed by atoms with Gasteiger partial charge in [0.25, 0.3) is 0 Å². The van der Waals surface area contributed by atoms with Crippen LogP contribution in [-0.4, -0.2) is 17.0 Å². The molecule has 1 N–H and O–H groups in total. The largest absolute Gasteiger partial charge is 0.385 e. The van der Waals surface area contributed by atoms with Crippen molar-refractivity contribution in [2.24, 2.45) is 0 Å². The van der Waals surface area contributed by atoms with E-state index in [0.717, 1.165) is 17.5 Å². The number of aryl methyl sites for hydroxylation is 1. The predicted octanol–water partition coefficient (Wildman–Crippen LogP) is 2.65. The lowest BCUT2D eigenvalue weighted by molar-refractivity contribution is 0.0728. The number of carbonyl (C=O) groups excluding carboxylic acids is 1. The summed E-state index contributed by atoms with van der Waals surface area (Å²) in [6.07, 6.45) is 0.500. The maximum absolute atomic E-state index is 11.9. The van der Waals surface area contributed by atoms with Gasteiger partial charge in [0.2, 0.25) is 0 Å². The summed E-state index contributed by atoms with van der Waals surface area (Å²) in [4.78, 5) is 11.9. The molecule has 0 aliphatic rings. The molecule has 0 saturated carbocycles. The van der Waals surface area contributed by atoms with Crippen molar-refractivity contribution in [3.8, 4) is 0 Å². The summed E-state index contributed by atoms with van der Waals surface area (Å²) in [6.45, 7) is 5.85. The molecular formula is C13H18O2. The van der Waals surface area contributed by atoms with Crippen molar-refractivity contribution in [1.29, 1.82) is 0 Å². The third kappa shape index (κ3) is 2.66. The molecule has 0 bridgehead atoms. The first-order chi connectivity index (χ1) is 7.07. The third-order valence-corrected chi connectivity index (χ3v) is 2.73. The Kier molecular flexibility index (Phi) is 4.04. The van der Waals surface area contributed by atoms with E-state index in [-0.39, 0.29) is 5.78 Å². The maximum Gasteiger partial charge on any atom is 0.191 e. The van der Waals surface area contributed by atoms with Crippen molar-refractivity contribution in [3.05, 3.63) is 34.9 Å². The molecule has 0 saturated heterocycles. The number of hydrogen-bond acceptors (Lipinski definition) is 2. The highest BCUT2D eigenvalue weighted by molar-refractivity contribution is 6.00. The van der Waals surface area contributed by atoms with Gasteiger partial charge in [0.15, 0.2) is 5.78 Å². The molecule has 1 rings (SSSR count). The van der Waals surface area contributed by atoms with Crippen LogP contribution >= 0.6 is 0 Å². The highest BCUT2D eigenvalue weighted by Crippen LogP contribution is 2.16. The van der Waals surface area contributed by atoms with Crippen LogP contribution < -0.4 is 0 Å². The fourth-order valence-corrected chi connectivity index (χ4v) is 1.60. The molecular weight excluding hydrogens is 188 g/mol. The van der Waals surface area contributed by atoms with E-state index in [1.54, 1.807) is 6.07 Å². The Bertz CT molecular complexity index is 356. The molecule has 1 aromatic rings. The molecule has 1 aromatic carbocycles. The summed E-state index contributed by atoms with van der Waals surface area (Å²) in [5, 5.41) is 9.64. The van der Waals surface area contributed by atoms with E-state index in [1.807, 2.05) is 32.9 Å². The van der Waals surface area contributed by atoms with Crippen LogP contribution in [0.1, 0.15) is 41.3 Å². The number of ketones is 1. The van der Waals surface area contributed by atoms with Gasteiger partial charge in [-0.15, -0.1) is 0 Å². The molecule has 2 heteroatoms. The minimum Gasteiger partial charge on any atom is -0.385 e. The Morgan fingerprint density at radius 2 is 2.07 bits per heavy atom. The van der Waals surface area contributed by atoms with Crippen molar-refractivity contribution >= 4 is 5.78 Å². The van der Waals surface area contributed by atoms with E-state index in [1.165, 1.54) is 0 Å². The molecule has 0 aliphatic heterocycles. The molecule has 15 heavy (non-hydrogen) atoms. The zero-order valence-corrected chi connectivity index (χ0v) is 9.58. The van der Waals surface area contributed by atoms with Crippen molar-refractivity contribution in [2.45, 2.75) is 39.7 Å². The van der Waals surface area contributed by atoms with E-state index < -0.39 is 6.10 Å². The van der Waals surface area contributed by atoms with Gasteiger partial charge in [-0.1, -0.05) is 31.5 Å². The van der Waals surface area contributed by atoms with Gasteiger partial charge in [0.1, 0.15) is 6.10 Å². The van der Waals surface area contributed by atoms with Crippen LogP contribution in [0.2, 0.25) is 0 Å². The van der Waals surface area contributed by atoms with Crippen molar-refractivity contribution in [3.63, 3.8) is 0 Å². The van der Waals surface area contributed by atoms with E-state index in [2.05, 4.69) is 0 Å². The van der Waals surface area contributed by atoms with Gasteiger partial charge in [-0.3, -0.25) is 4.79 Å². The van der Waals surface area contributed by atoms with Crippen LogP contribution in [0.4, 0.5) is 0 Å². The minimum atomic E-state index is -0.851. The van der Waals surface area contributed by atoms with Crippen molar-refractivity contribution in [1.82, 2.24) is 0 Å². The number of aliphatic hydroxyl groups is 1. The second kappa shape index (κ2) is 5.08. The van der Waals surface area contributed by atoms with Gasteiger partial charge in [-0.25, -0.2) is 0 Å². The van der Waals surface area contributed by atoms with Crippen LogP contribution in [-0.2, 0) is 0 Å². The van der Waals surface area contributed by atoms with Crippen LogP contribution in [0.3, 0.4) is 0 Å². The van der Waals surface area contributed by atoms with E-state index in [4.69, 9.17) is 0 Å². The van der Waals surface area contributed by atoms with Gasteiger partial charge in [0.05, 0.1) is 0 Å². The number of carbonyl (C=O) groups is 1. The second-order valence-corrected chi connectivity index (χ2v) is 3.92. The third-order valence-electron chi connectivity index (χ3n) is 2.73. The zero-order valence-electron chi connectivity index (χ0n) is 9.58. The summed E-state index contributed by atoms with van der Waals surface area (Å²) in [5.74, 6) is -0.155. The number of aliphatic hydroxyl groups excluding tert-OH is 1. The summed E-state index contributed by atoms with van der Waals surface area (Å²) >= 11 is 0. The van der Waals surface area contributed by atoms with E-state index in [9.17, 15) is 9.90 Å². The summed E-state index contributed by atoms with van der Waals surface area (Å²) in [6, 6.07) is 5.61. The smallest absolute Gasteiger partial charge is 0.191 e. The molecule has 1 atom stereocenters. The van der Waals surface area contributed by atoms with Crippen molar-refractivity contribution in [2.75, 3.05) is 0 Å². The number of rotatable bonds is 4. The lowest BCUT2D eigenvalue weighted by Crippen LogP contribution is -2.21. The normalized spacial score (nSPS) is 12.5. The number of Topliss-reactive ketones (excluding diaryl/α,β-unsaturated/α-hetero) is 1. The molecule has 0 spiro atoms. The Hall–Kier alpha value is -1.15. The summed E-state index contributed by atoms with van der Waals surface area (Å²) < 4.78 is 0. The quantitative estimate of drug-likeness (QED) is 0.769. The lowest BCUT2D eigenvalue weighted by Gasteiger charge is -2.11. The van der Waals surface area contributed by atoms with Crippen LogP contribution in [0.15, 0.2) is 18.2 Å². The number of hydrogen-bond donors (Lipinski definition) is 1. The zero-order chi connectivity index (χ0) is 11.4. The fraction of sp³-hybridized carbons (Fsp3) is 0.462. The Morgan fingerprint density at radius 1 is 1.40 bits per heavy atom. The van der Waals surface area contributed by atoms with E-state index >= 15 is 0 Å². The fourth-order valence-electron chi connectivity index (χ4n) is 1.60. The number of benzene rings is 1.